The molecule has 2 fully saturated rings. The summed E-state index contributed by atoms with van der Waals surface area (Å²) >= 11 is 0. The van der Waals surface area contributed by atoms with Gasteiger partial charge in [-0.1, -0.05) is 23.3 Å². The number of unbranched alkanes of at least 4 members (excludes halogenated alkanes) is 2. The molecule has 2 aromatic carbocycles. The van der Waals surface area contributed by atoms with E-state index in [9.17, 15) is 14.7 Å². The van der Waals surface area contributed by atoms with Crippen LogP contribution in [0.1, 0.15) is 83.2 Å². The van der Waals surface area contributed by atoms with Gasteiger partial charge in [0.05, 0.1) is 56.5 Å². The van der Waals surface area contributed by atoms with Gasteiger partial charge in [-0.05, 0) is 76.6 Å². The zero-order chi connectivity index (χ0) is 53.6. The molecule has 4 aromatic rings. The van der Waals surface area contributed by atoms with Crippen molar-refractivity contribution in [3.8, 4) is 34.5 Å². The molecule has 9 atom stereocenters. The van der Waals surface area contributed by atoms with Gasteiger partial charge < -0.3 is 67.5 Å². The molecule has 0 amide bonds. The van der Waals surface area contributed by atoms with E-state index in [1.165, 1.54) is 21.5 Å². The number of nitrogens with zero attached hydrogens (tertiary/aromatic N) is 5. The fraction of sp³-hybridized carbons (Fsp3) is 0.490. The van der Waals surface area contributed by atoms with Gasteiger partial charge in [0.15, 0.2) is 34.6 Å². The second kappa shape index (κ2) is 29.9. The summed E-state index contributed by atoms with van der Waals surface area (Å²) in [4.78, 5) is 37.3. The number of rotatable bonds is 23. The molecule has 24 heteroatoms. The SMILES string of the molecule is [2H]C([3H])OC[C@H]1O[C@@H](n2cc3c(nc2=O)Nc2c(OCCCCC(=C)C)cccc2O3)C[C@H]1O.[2H]C([3H])OC[C@H]1O[C@@H](n2cc3c(nc2=O)Nc2c(OCCCCC(=C)C)cccc2O3)C[C@H]1OP(N)OCC[N+]#[C-].[Pr].[Pr]. The monoisotopic (exact) mass is 1290 g/mol. The molecular weight excluding hydrogens is 1220 g/mol. The summed E-state index contributed by atoms with van der Waals surface area (Å²) in [6.45, 7) is 19.8. The largest absolute Gasteiger partial charge is 0.491 e. The van der Waals surface area contributed by atoms with E-state index in [4.69, 9.17) is 64.5 Å². The quantitative estimate of drug-likeness (QED) is 0.0205. The van der Waals surface area contributed by atoms with Crippen molar-refractivity contribution in [1.29, 1.82) is 0 Å². The number of anilines is 4. The third-order valence-electron chi connectivity index (χ3n) is 11.4. The number of benzene rings is 2. The first-order valence-electron chi connectivity index (χ1n) is 25.4. The number of hydrogen-bond acceptors (Lipinski definition) is 18. The Morgan fingerprint density at radius 3 is 1.85 bits per heavy atom. The van der Waals surface area contributed by atoms with E-state index in [1.54, 1.807) is 12.1 Å². The first-order chi connectivity index (χ1) is 36.1. The molecule has 6 heterocycles. The fourth-order valence-corrected chi connectivity index (χ4v) is 8.73. The van der Waals surface area contributed by atoms with E-state index in [0.717, 1.165) is 49.7 Å². The van der Waals surface area contributed by atoms with Crippen LogP contribution in [0.5, 0.6) is 34.5 Å². The average Bonchev–Trinajstić information content (AvgIpc) is 3.95. The van der Waals surface area contributed by atoms with Crippen LogP contribution in [0.4, 0.5) is 23.0 Å². The molecule has 0 spiro atoms. The van der Waals surface area contributed by atoms with Crippen LogP contribution < -0.4 is 46.5 Å². The Balaban J connectivity index is 0.000000281. The Kier molecular flexibility index (Phi) is 22.4. The summed E-state index contributed by atoms with van der Waals surface area (Å²) in [5, 5.41) is 16.5. The van der Waals surface area contributed by atoms with Gasteiger partial charge >= 0.3 is 11.4 Å². The van der Waals surface area contributed by atoms with E-state index in [2.05, 4.69) is 38.6 Å². The number of aliphatic hydroxyl groups is 1. The standard InChI is InChI=1S/C26H34N5O7P.C23H29N3O6.2Pr/c1-17(2)8-5-6-12-34-18-9-7-10-19-24(18)29-25-21(36-19)15-31(26(32)30-25)23-14-20(22(37-23)16-33-4)38-39(27)35-13-11-28-3;1-14(2)7-4-5-10-30-16-8-6-9-17-21(16)24-22-18(31-17)12-26(23(28)25-22)20-11-15(27)19(32-20)13-29-3;;/h7,9-10,15,20,22-23H,1,5-6,8,11-14,16,27H2,2,4H3,(H,29,30,32);6,8-9,12,15,19-20,27H,1,4-5,7,10-11,13H2,2-3H3,(H,24,25,28);;/t20-,22-,23-,39?;15-,19-,20-;;/m11../s1/i4TD;3TD;;/t4?,20-,22-,23-,39?;3?,15-,19-,20-;;. The Bertz CT molecular complexity index is 2780. The second-order valence-electron chi connectivity index (χ2n) is 17.1. The van der Waals surface area contributed by atoms with Crippen LogP contribution >= 0.6 is 8.53 Å². The number of allylic oxidation sites excluding steroid dienone is 2. The molecule has 21 nitrogen and oxygen atoms in total. The van der Waals surface area contributed by atoms with Crippen molar-refractivity contribution in [1.82, 2.24) is 19.1 Å². The summed E-state index contributed by atoms with van der Waals surface area (Å²) in [6, 6.07) is 10.9. The van der Waals surface area contributed by atoms with Crippen molar-refractivity contribution < 1.29 is 140 Å². The van der Waals surface area contributed by atoms with Crippen molar-refractivity contribution in [2.45, 2.75) is 102 Å². The average molecular weight is 1290 g/mol. The van der Waals surface area contributed by atoms with Gasteiger partial charge in [-0.2, -0.15) is 9.97 Å². The number of hydrogen-bond donors (Lipinski definition) is 4. The predicted molar refractivity (Wildman–Crippen MR) is 265 cm³/mol. The van der Waals surface area contributed by atoms with Crippen LogP contribution in [-0.4, -0.2) is 102 Å². The van der Waals surface area contributed by atoms with Crippen LogP contribution in [0, 0.1) is 89.2 Å². The third kappa shape index (κ3) is 16.7. The smallest absolute Gasteiger partial charge is 0.351 e. The maximum atomic E-state index is 13.1. The number of aliphatic hydroxyl groups excluding tert-OH is 1. The summed E-state index contributed by atoms with van der Waals surface area (Å²) < 4.78 is 88.4. The number of methoxy groups -OCH3 is 2. The summed E-state index contributed by atoms with van der Waals surface area (Å²) in [5.41, 5.74) is 8.27. The topological polar surface area (TPSA) is 237 Å². The van der Waals surface area contributed by atoms with Crippen molar-refractivity contribution in [2.75, 3.05) is 64.3 Å². The number of nitrogens with one attached hydrogen (secondary N) is 2. The molecule has 0 saturated carbocycles. The third-order valence-corrected chi connectivity index (χ3v) is 12.4. The fourth-order valence-electron chi connectivity index (χ4n) is 7.92. The number of fused-ring (bicyclic) bond motifs is 4. The molecule has 388 valence electrons. The second-order valence-corrected chi connectivity index (χ2v) is 18.2. The van der Waals surface area contributed by atoms with E-state index >= 15 is 0 Å². The van der Waals surface area contributed by atoms with Gasteiger partial charge in [0.25, 0.3) is 8.53 Å². The van der Waals surface area contributed by atoms with Crippen molar-refractivity contribution in [2.24, 2.45) is 5.50 Å². The molecule has 2 radical (unpaired) electrons. The normalized spacial score (nSPS) is 21.7. The summed E-state index contributed by atoms with van der Waals surface area (Å²) in [7, 11) is -4.83. The van der Waals surface area contributed by atoms with Crippen molar-refractivity contribution in [3.63, 3.8) is 0 Å². The molecule has 8 rings (SSSR count). The summed E-state index contributed by atoms with van der Waals surface area (Å²) in [5.74, 6) is 3.41. The van der Waals surface area contributed by atoms with Crippen LogP contribution in [0.25, 0.3) is 4.85 Å². The summed E-state index contributed by atoms with van der Waals surface area (Å²) in [6.07, 6.45) is 4.38. The molecule has 4 aliphatic heterocycles. The first kappa shape index (κ1) is 54.6. The number of ether oxygens (including phenoxy) is 8. The Hall–Kier alpha value is -3.19. The predicted octanol–water partition coefficient (Wildman–Crippen LogP) is 8.17. The number of aromatic nitrogens is 4. The minimum Gasteiger partial charge on any atom is -0.491 e. The zero-order valence-corrected chi connectivity index (χ0v) is 49.1. The van der Waals surface area contributed by atoms with Crippen LogP contribution in [0.2, 0.25) is 0 Å². The Morgan fingerprint density at radius 1 is 0.836 bits per heavy atom. The van der Waals surface area contributed by atoms with Crippen molar-refractivity contribution >= 4 is 31.5 Å². The molecule has 73 heavy (non-hydrogen) atoms. The molecule has 5 N–H and O–H groups in total. The van der Waals surface area contributed by atoms with Crippen LogP contribution in [-0.2, 0) is 28.0 Å². The molecule has 4 aliphatic rings. The van der Waals surface area contributed by atoms with Gasteiger partial charge in [0.2, 0.25) is 6.54 Å². The number of nitrogens with two attached hydrogens (primary N) is 1. The minimum absolute atomic E-state index is 0. The molecule has 0 bridgehead atoms. The number of para-hydroxylation sites is 2. The molecule has 0 aliphatic carbocycles. The van der Waals surface area contributed by atoms with E-state index < -0.39 is 70.9 Å². The van der Waals surface area contributed by atoms with Gasteiger partial charge in [0.1, 0.15) is 54.1 Å². The van der Waals surface area contributed by atoms with E-state index in [-0.39, 0.29) is 133 Å². The molecule has 2 saturated heterocycles. The van der Waals surface area contributed by atoms with Gasteiger partial charge in [-0.3, -0.25) is 14.6 Å². The van der Waals surface area contributed by atoms with E-state index in [1.807, 2.05) is 38.1 Å². The van der Waals surface area contributed by atoms with Gasteiger partial charge in [0, 0.05) is 110 Å². The molecule has 2 aromatic heterocycles. The molecular formula is C49H63N8O13PPr2. The maximum absolute atomic E-state index is 13.1. The maximum Gasteiger partial charge on any atom is 0.351 e. The first-order valence-corrected chi connectivity index (χ1v) is 24.4. The zero-order valence-electron chi connectivity index (χ0n) is 44.8. The van der Waals surface area contributed by atoms with Crippen LogP contribution in [0.3, 0.4) is 0 Å². The van der Waals surface area contributed by atoms with E-state index in [0.29, 0.717) is 59.1 Å². The molecule has 3 unspecified atom stereocenters. The van der Waals surface area contributed by atoms with Crippen molar-refractivity contribution in [3.05, 3.63) is 105 Å². The van der Waals surface area contributed by atoms with Gasteiger partial charge in [-0.25, -0.2) is 16.2 Å². The minimum atomic E-state index is -1.83. The van der Waals surface area contributed by atoms with Crippen LogP contribution in [0.15, 0.2) is 82.7 Å². The van der Waals surface area contributed by atoms with Gasteiger partial charge in [-0.15, -0.1) is 13.2 Å². The Morgan fingerprint density at radius 2 is 1.34 bits per heavy atom. The Labute approximate surface area is 498 Å².